The van der Waals surface area contributed by atoms with Crippen LogP contribution in [-0.2, 0) is 6.54 Å². The maximum absolute atomic E-state index is 6.24. The number of hydrogen-bond acceptors (Lipinski definition) is 2. The minimum absolute atomic E-state index is 0.0576. The fourth-order valence-corrected chi connectivity index (χ4v) is 2.56. The topological polar surface area (TPSA) is 29.3 Å². The predicted molar refractivity (Wildman–Crippen MR) is 90.5 cm³/mol. The van der Waals surface area contributed by atoms with Crippen molar-refractivity contribution in [3.8, 4) is 0 Å². The van der Waals surface area contributed by atoms with Gasteiger partial charge in [0.2, 0.25) is 0 Å². The first-order valence-corrected chi connectivity index (χ1v) is 7.67. The van der Waals surface area contributed by atoms with Crippen LogP contribution >= 0.6 is 11.6 Å². The van der Waals surface area contributed by atoms with Crippen LogP contribution in [0.25, 0.3) is 0 Å². The molecule has 2 aromatic rings. The molecule has 0 saturated carbocycles. The molecule has 0 aliphatic heterocycles. The van der Waals surface area contributed by atoms with Gasteiger partial charge in [-0.05, 0) is 50.2 Å². The van der Waals surface area contributed by atoms with E-state index in [0.717, 1.165) is 30.1 Å². The average molecular weight is 303 g/mol. The molecule has 2 aromatic carbocycles. The number of aryl methyl sites for hydroxylation is 1. The highest BCUT2D eigenvalue weighted by molar-refractivity contribution is 6.30. The van der Waals surface area contributed by atoms with Gasteiger partial charge in [-0.15, -0.1) is 0 Å². The van der Waals surface area contributed by atoms with E-state index >= 15 is 0 Å². The van der Waals surface area contributed by atoms with Crippen molar-refractivity contribution in [2.75, 3.05) is 13.6 Å². The Morgan fingerprint density at radius 3 is 2.52 bits per heavy atom. The molecule has 0 aliphatic carbocycles. The summed E-state index contributed by atoms with van der Waals surface area (Å²) in [7, 11) is 2.14. The minimum atomic E-state index is 0.0576. The van der Waals surface area contributed by atoms with Crippen molar-refractivity contribution < 1.29 is 0 Å². The first-order chi connectivity index (χ1) is 10.0. The van der Waals surface area contributed by atoms with E-state index in [2.05, 4.69) is 43.1 Å². The number of nitrogens with zero attached hydrogens (tertiary/aromatic N) is 1. The molecular formula is C18H23ClN2. The summed E-state index contributed by atoms with van der Waals surface area (Å²) in [5, 5.41) is 0.752. The van der Waals surface area contributed by atoms with E-state index in [1.165, 1.54) is 11.1 Å². The summed E-state index contributed by atoms with van der Waals surface area (Å²) < 4.78 is 0. The standard InChI is InChI=1S/C18H23ClN2/c1-14-4-3-5-15(12-14)13-21(2)11-10-18(20)16-6-8-17(19)9-7-16/h3-9,12,18H,10-11,13,20H2,1-2H3. The fraction of sp³-hybridized carbons (Fsp3) is 0.333. The van der Waals surface area contributed by atoms with Gasteiger partial charge < -0.3 is 10.6 Å². The molecule has 112 valence electrons. The molecular weight excluding hydrogens is 280 g/mol. The smallest absolute Gasteiger partial charge is 0.0406 e. The van der Waals surface area contributed by atoms with Gasteiger partial charge in [-0.1, -0.05) is 53.6 Å². The van der Waals surface area contributed by atoms with Gasteiger partial charge >= 0.3 is 0 Å². The number of rotatable bonds is 6. The molecule has 3 heteroatoms. The van der Waals surface area contributed by atoms with Crippen LogP contribution in [0.2, 0.25) is 5.02 Å². The molecule has 21 heavy (non-hydrogen) atoms. The number of nitrogens with two attached hydrogens (primary N) is 1. The Labute approximate surface area is 132 Å². The summed E-state index contributed by atoms with van der Waals surface area (Å²) in [4.78, 5) is 2.31. The maximum Gasteiger partial charge on any atom is 0.0406 e. The number of hydrogen-bond donors (Lipinski definition) is 1. The van der Waals surface area contributed by atoms with Crippen molar-refractivity contribution in [1.82, 2.24) is 4.90 Å². The van der Waals surface area contributed by atoms with Crippen molar-refractivity contribution in [1.29, 1.82) is 0 Å². The number of benzene rings is 2. The SMILES string of the molecule is Cc1cccc(CN(C)CCC(N)c2ccc(Cl)cc2)c1. The van der Waals surface area contributed by atoms with Crippen LogP contribution in [-0.4, -0.2) is 18.5 Å². The zero-order valence-electron chi connectivity index (χ0n) is 12.7. The molecule has 2 nitrogen and oxygen atoms in total. The summed E-state index contributed by atoms with van der Waals surface area (Å²) in [6.45, 7) is 4.05. The average Bonchev–Trinajstić information content (AvgIpc) is 2.45. The summed E-state index contributed by atoms with van der Waals surface area (Å²) in [5.41, 5.74) is 10.0. The second-order valence-corrected chi connectivity index (χ2v) is 6.11. The Morgan fingerprint density at radius 2 is 1.86 bits per heavy atom. The molecule has 1 unspecified atom stereocenters. The lowest BCUT2D eigenvalue weighted by Crippen LogP contribution is -2.23. The largest absolute Gasteiger partial charge is 0.324 e. The second-order valence-electron chi connectivity index (χ2n) is 5.67. The summed E-state index contributed by atoms with van der Waals surface area (Å²) in [6.07, 6.45) is 0.934. The second kappa shape index (κ2) is 7.60. The van der Waals surface area contributed by atoms with Crippen molar-refractivity contribution in [3.63, 3.8) is 0 Å². The van der Waals surface area contributed by atoms with Gasteiger partial charge in [0.15, 0.2) is 0 Å². The zero-order valence-corrected chi connectivity index (χ0v) is 13.5. The van der Waals surface area contributed by atoms with Crippen LogP contribution in [0.1, 0.15) is 29.2 Å². The van der Waals surface area contributed by atoms with E-state index in [1.54, 1.807) is 0 Å². The van der Waals surface area contributed by atoms with Crippen LogP contribution in [0, 0.1) is 6.92 Å². The van der Waals surface area contributed by atoms with Gasteiger partial charge in [0.25, 0.3) is 0 Å². The van der Waals surface area contributed by atoms with Crippen LogP contribution in [0.3, 0.4) is 0 Å². The van der Waals surface area contributed by atoms with Crippen LogP contribution in [0.5, 0.6) is 0 Å². The third-order valence-corrected chi connectivity index (χ3v) is 3.91. The van der Waals surface area contributed by atoms with Gasteiger partial charge in [0.1, 0.15) is 0 Å². The Morgan fingerprint density at radius 1 is 1.14 bits per heavy atom. The Bertz CT molecular complexity index is 566. The molecule has 0 aliphatic rings. The quantitative estimate of drug-likeness (QED) is 0.868. The normalized spacial score (nSPS) is 12.6. The molecule has 0 radical (unpaired) electrons. The Balaban J connectivity index is 1.83. The highest BCUT2D eigenvalue weighted by Gasteiger charge is 2.08. The Hall–Kier alpha value is -1.35. The number of halogens is 1. The summed E-state index contributed by atoms with van der Waals surface area (Å²) >= 11 is 5.90. The minimum Gasteiger partial charge on any atom is -0.324 e. The third kappa shape index (κ3) is 5.16. The maximum atomic E-state index is 6.24. The monoisotopic (exact) mass is 302 g/mol. The Kier molecular flexibility index (Phi) is 5.80. The lowest BCUT2D eigenvalue weighted by molar-refractivity contribution is 0.311. The zero-order chi connectivity index (χ0) is 15.2. The molecule has 0 spiro atoms. The van der Waals surface area contributed by atoms with Crippen LogP contribution in [0.15, 0.2) is 48.5 Å². The van der Waals surface area contributed by atoms with Gasteiger partial charge in [-0.3, -0.25) is 0 Å². The van der Waals surface area contributed by atoms with Gasteiger partial charge in [0, 0.05) is 17.6 Å². The van der Waals surface area contributed by atoms with E-state index in [9.17, 15) is 0 Å². The van der Waals surface area contributed by atoms with Crippen molar-refractivity contribution >= 4 is 11.6 Å². The van der Waals surface area contributed by atoms with E-state index in [4.69, 9.17) is 17.3 Å². The van der Waals surface area contributed by atoms with E-state index < -0.39 is 0 Å². The lowest BCUT2D eigenvalue weighted by atomic mass is 10.0. The molecule has 2 rings (SSSR count). The first-order valence-electron chi connectivity index (χ1n) is 7.30. The molecule has 0 amide bonds. The molecule has 0 fully saturated rings. The van der Waals surface area contributed by atoms with E-state index in [-0.39, 0.29) is 6.04 Å². The molecule has 2 N–H and O–H groups in total. The molecule has 1 atom stereocenters. The summed E-state index contributed by atoms with van der Waals surface area (Å²) in [6, 6.07) is 16.5. The summed E-state index contributed by atoms with van der Waals surface area (Å²) in [5.74, 6) is 0. The molecule has 0 aromatic heterocycles. The van der Waals surface area contributed by atoms with Gasteiger partial charge in [-0.25, -0.2) is 0 Å². The van der Waals surface area contributed by atoms with Crippen molar-refractivity contribution in [3.05, 3.63) is 70.2 Å². The highest BCUT2D eigenvalue weighted by atomic mass is 35.5. The van der Waals surface area contributed by atoms with Crippen LogP contribution in [0.4, 0.5) is 0 Å². The molecule has 0 heterocycles. The lowest BCUT2D eigenvalue weighted by Gasteiger charge is -2.20. The van der Waals surface area contributed by atoms with Crippen LogP contribution < -0.4 is 5.73 Å². The van der Waals surface area contributed by atoms with Crippen molar-refractivity contribution in [2.24, 2.45) is 5.73 Å². The van der Waals surface area contributed by atoms with Gasteiger partial charge in [0.05, 0.1) is 0 Å². The fourth-order valence-electron chi connectivity index (χ4n) is 2.44. The molecule has 0 saturated heterocycles. The first kappa shape index (κ1) is 16.0. The van der Waals surface area contributed by atoms with E-state index in [0.29, 0.717) is 0 Å². The van der Waals surface area contributed by atoms with E-state index in [1.807, 2.05) is 24.3 Å². The molecule has 0 bridgehead atoms. The van der Waals surface area contributed by atoms with Crippen molar-refractivity contribution in [2.45, 2.75) is 25.9 Å². The highest BCUT2D eigenvalue weighted by Crippen LogP contribution is 2.17. The predicted octanol–water partition coefficient (Wildman–Crippen LogP) is 4.17. The third-order valence-electron chi connectivity index (χ3n) is 3.65. The van der Waals surface area contributed by atoms with Gasteiger partial charge in [-0.2, -0.15) is 0 Å².